The Balaban J connectivity index is 1.74. The molecule has 0 aromatic carbocycles. The predicted molar refractivity (Wildman–Crippen MR) is 96.9 cm³/mol. The van der Waals surface area contributed by atoms with Crippen molar-refractivity contribution in [1.29, 1.82) is 0 Å². The fourth-order valence-corrected chi connectivity index (χ4v) is 7.17. The van der Waals surface area contributed by atoms with E-state index in [2.05, 4.69) is 20.4 Å². The third kappa shape index (κ3) is 1.96. The van der Waals surface area contributed by atoms with Gasteiger partial charge in [-0.1, -0.05) is 26.0 Å². The molecule has 0 aliphatic heterocycles. The van der Waals surface area contributed by atoms with Crippen molar-refractivity contribution in [2.45, 2.75) is 71.3 Å². The van der Waals surface area contributed by atoms with Crippen molar-refractivity contribution >= 4 is 11.6 Å². The molecule has 0 aromatic heterocycles. The Bertz CT molecular complexity index is 704. The fourth-order valence-electron chi connectivity index (χ4n) is 7.17. The maximum Gasteiger partial charge on any atom is 0.166 e. The van der Waals surface area contributed by atoms with Crippen molar-refractivity contribution in [3.63, 3.8) is 0 Å². The van der Waals surface area contributed by atoms with E-state index in [0.29, 0.717) is 24.2 Å². The number of hydrogen-bond donors (Lipinski definition) is 1. The standard InChI is InChI=1S/C22H30O3/c1-13-11-19-17-6-5-15-12-16(24)7-9-20(15,3)18(17)8-10-21(19,4)22(13,25)14(2)23/h12,17-19,25H,1,5-11H2,2-4H3/t17-,18+,19+,20-,21-,22+/m0/s1. The van der Waals surface area contributed by atoms with Crippen LogP contribution in [0.15, 0.2) is 23.8 Å². The Kier molecular flexibility index (Phi) is 3.55. The Labute approximate surface area is 150 Å². The van der Waals surface area contributed by atoms with Crippen LogP contribution in [0.25, 0.3) is 0 Å². The van der Waals surface area contributed by atoms with Crippen LogP contribution in [0.3, 0.4) is 0 Å². The van der Waals surface area contributed by atoms with Crippen molar-refractivity contribution in [1.82, 2.24) is 0 Å². The van der Waals surface area contributed by atoms with Crippen LogP contribution < -0.4 is 0 Å². The third-order valence-electron chi connectivity index (χ3n) is 8.67. The van der Waals surface area contributed by atoms with E-state index in [1.165, 1.54) is 12.5 Å². The topological polar surface area (TPSA) is 54.4 Å². The highest BCUT2D eigenvalue weighted by Crippen LogP contribution is 2.68. The highest BCUT2D eigenvalue weighted by molar-refractivity contribution is 5.92. The van der Waals surface area contributed by atoms with Gasteiger partial charge in [0.1, 0.15) is 5.60 Å². The van der Waals surface area contributed by atoms with E-state index in [4.69, 9.17) is 0 Å². The summed E-state index contributed by atoms with van der Waals surface area (Å²) in [5, 5.41) is 11.3. The van der Waals surface area contributed by atoms with Crippen molar-refractivity contribution in [3.8, 4) is 0 Å². The molecule has 3 heteroatoms. The average Bonchev–Trinajstić information content (AvgIpc) is 2.77. The number of aliphatic hydroxyl groups is 1. The van der Waals surface area contributed by atoms with E-state index in [9.17, 15) is 14.7 Å². The summed E-state index contributed by atoms with van der Waals surface area (Å²) in [6.45, 7) is 10.1. The lowest BCUT2D eigenvalue weighted by atomic mass is 9.46. The van der Waals surface area contributed by atoms with Crippen LogP contribution in [0, 0.1) is 28.6 Å². The van der Waals surface area contributed by atoms with Gasteiger partial charge in [0.15, 0.2) is 11.6 Å². The number of Topliss-reactive ketones (excluding diaryl/α,β-unsaturated/α-hetero) is 1. The first kappa shape index (κ1) is 17.2. The molecule has 1 N–H and O–H groups in total. The van der Waals surface area contributed by atoms with Crippen LogP contribution in [-0.4, -0.2) is 22.3 Å². The second-order valence-corrected chi connectivity index (χ2v) is 9.50. The zero-order valence-corrected chi connectivity index (χ0v) is 15.7. The zero-order valence-electron chi connectivity index (χ0n) is 15.7. The number of carbonyl (C=O) groups excluding carboxylic acids is 2. The zero-order chi connectivity index (χ0) is 18.2. The first-order chi connectivity index (χ1) is 11.6. The number of carbonyl (C=O) groups is 2. The summed E-state index contributed by atoms with van der Waals surface area (Å²) in [6, 6.07) is 0. The summed E-state index contributed by atoms with van der Waals surface area (Å²) in [5.41, 5.74) is 0.448. The summed E-state index contributed by atoms with van der Waals surface area (Å²) in [6.07, 6.45) is 8.26. The highest BCUT2D eigenvalue weighted by atomic mass is 16.3. The Morgan fingerprint density at radius 1 is 1.20 bits per heavy atom. The monoisotopic (exact) mass is 342 g/mol. The normalized spacial score (nSPS) is 49.1. The molecular formula is C22H30O3. The van der Waals surface area contributed by atoms with E-state index in [0.717, 1.165) is 44.1 Å². The molecule has 4 rings (SSSR count). The Hall–Kier alpha value is -1.22. The predicted octanol–water partition coefficient (Wildman–Crippen LogP) is 4.00. The molecule has 4 aliphatic carbocycles. The van der Waals surface area contributed by atoms with Gasteiger partial charge in [0, 0.05) is 11.8 Å². The van der Waals surface area contributed by atoms with Crippen molar-refractivity contribution in [3.05, 3.63) is 23.8 Å². The molecular weight excluding hydrogens is 312 g/mol. The van der Waals surface area contributed by atoms with Gasteiger partial charge in [-0.3, -0.25) is 9.59 Å². The molecule has 0 amide bonds. The summed E-state index contributed by atoms with van der Waals surface area (Å²) in [7, 11) is 0. The number of ketones is 2. The van der Waals surface area contributed by atoms with Gasteiger partial charge in [0.05, 0.1) is 0 Å². The fraction of sp³-hybridized carbons (Fsp3) is 0.727. The van der Waals surface area contributed by atoms with Crippen LogP contribution >= 0.6 is 0 Å². The van der Waals surface area contributed by atoms with Crippen molar-refractivity contribution < 1.29 is 14.7 Å². The van der Waals surface area contributed by atoms with Gasteiger partial charge in [-0.15, -0.1) is 0 Å². The number of fused-ring (bicyclic) bond motifs is 5. The molecule has 4 aliphatic rings. The first-order valence-electron chi connectivity index (χ1n) is 9.80. The molecule has 0 radical (unpaired) electrons. The van der Waals surface area contributed by atoms with Gasteiger partial charge in [0.2, 0.25) is 0 Å². The molecule has 0 spiro atoms. The number of allylic oxidation sites excluding steroid dienone is 1. The molecule has 0 aromatic rings. The largest absolute Gasteiger partial charge is 0.377 e. The van der Waals surface area contributed by atoms with E-state index in [-0.39, 0.29) is 22.4 Å². The van der Waals surface area contributed by atoms with E-state index < -0.39 is 5.60 Å². The maximum atomic E-state index is 12.4. The summed E-state index contributed by atoms with van der Waals surface area (Å²) in [5.74, 6) is 1.53. The summed E-state index contributed by atoms with van der Waals surface area (Å²) >= 11 is 0. The minimum absolute atomic E-state index is 0.121. The van der Waals surface area contributed by atoms with Gasteiger partial charge in [-0.2, -0.15) is 0 Å². The van der Waals surface area contributed by atoms with Crippen molar-refractivity contribution in [2.24, 2.45) is 28.6 Å². The first-order valence-corrected chi connectivity index (χ1v) is 9.80. The molecule has 0 bridgehead atoms. The van der Waals surface area contributed by atoms with E-state index in [1.807, 2.05) is 6.08 Å². The Morgan fingerprint density at radius 3 is 2.60 bits per heavy atom. The molecule has 136 valence electrons. The van der Waals surface area contributed by atoms with Gasteiger partial charge in [0.25, 0.3) is 0 Å². The third-order valence-corrected chi connectivity index (χ3v) is 8.67. The molecule has 0 saturated heterocycles. The number of rotatable bonds is 1. The van der Waals surface area contributed by atoms with Gasteiger partial charge in [-0.25, -0.2) is 0 Å². The van der Waals surface area contributed by atoms with Crippen LogP contribution in [0.4, 0.5) is 0 Å². The minimum Gasteiger partial charge on any atom is -0.377 e. The molecule has 3 saturated carbocycles. The molecule has 3 fully saturated rings. The maximum absolute atomic E-state index is 12.4. The lowest BCUT2D eigenvalue weighted by Gasteiger charge is -2.58. The molecule has 0 unspecified atom stereocenters. The number of hydrogen-bond acceptors (Lipinski definition) is 3. The van der Waals surface area contributed by atoms with Gasteiger partial charge >= 0.3 is 0 Å². The molecule has 3 nitrogen and oxygen atoms in total. The van der Waals surface area contributed by atoms with E-state index in [1.54, 1.807) is 0 Å². The highest BCUT2D eigenvalue weighted by Gasteiger charge is 2.66. The van der Waals surface area contributed by atoms with Crippen molar-refractivity contribution in [2.75, 3.05) is 0 Å². The van der Waals surface area contributed by atoms with E-state index >= 15 is 0 Å². The second-order valence-electron chi connectivity index (χ2n) is 9.50. The van der Waals surface area contributed by atoms with Crippen LogP contribution in [0.5, 0.6) is 0 Å². The van der Waals surface area contributed by atoms with Crippen LogP contribution in [0.1, 0.15) is 65.7 Å². The molecule has 0 heterocycles. The summed E-state index contributed by atoms with van der Waals surface area (Å²) in [4.78, 5) is 24.3. The minimum atomic E-state index is -1.36. The average molecular weight is 342 g/mol. The quantitative estimate of drug-likeness (QED) is 0.733. The second kappa shape index (κ2) is 5.16. The van der Waals surface area contributed by atoms with Crippen LogP contribution in [0.2, 0.25) is 0 Å². The smallest absolute Gasteiger partial charge is 0.166 e. The van der Waals surface area contributed by atoms with Crippen LogP contribution in [-0.2, 0) is 9.59 Å². The Morgan fingerprint density at radius 2 is 1.92 bits per heavy atom. The molecule has 25 heavy (non-hydrogen) atoms. The summed E-state index contributed by atoms with van der Waals surface area (Å²) < 4.78 is 0. The lowest BCUT2D eigenvalue weighted by Crippen LogP contribution is -2.57. The van der Waals surface area contributed by atoms with Gasteiger partial charge < -0.3 is 5.11 Å². The SMILES string of the molecule is C=C1C[C@@H]2[C@H]3CCC4=CC(=O)CC[C@]4(C)[C@@H]3CC[C@]2(C)[C@]1(O)C(C)=O. The lowest BCUT2D eigenvalue weighted by molar-refractivity contribution is -0.154. The van der Waals surface area contributed by atoms with Gasteiger partial charge in [-0.05, 0) is 80.3 Å². The molecule has 6 atom stereocenters.